The molecule has 0 spiro atoms. The van der Waals surface area contributed by atoms with Crippen molar-refractivity contribution in [3.63, 3.8) is 0 Å². The fourth-order valence-electron chi connectivity index (χ4n) is 6.79. The first-order chi connectivity index (χ1) is 32.0. The second-order valence-corrected chi connectivity index (χ2v) is 17.0. The van der Waals surface area contributed by atoms with Crippen LogP contribution in [0.5, 0.6) is 0 Å². The molecule has 0 amide bonds. The zero-order valence-electron chi connectivity index (χ0n) is 42.0. The van der Waals surface area contributed by atoms with Crippen LogP contribution in [0.15, 0.2) is 109 Å². The number of hydrogen-bond donors (Lipinski definition) is 0. The Morgan fingerprint density at radius 2 is 0.631 bits per heavy atom. The van der Waals surface area contributed by atoms with Crippen LogP contribution in [0.2, 0.25) is 0 Å². The first kappa shape index (κ1) is 61.1. The van der Waals surface area contributed by atoms with Gasteiger partial charge in [0.15, 0.2) is 6.10 Å². The summed E-state index contributed by atoms with van der Waals surface area (Å²) in [5, 5.41) is 0. The molecule has 6 nitrogen and oxygen atoms in total. The van der Waals surface area contributed by atoms with E-state index in [0.717, 1.165) is 116 Å². The van der Waals surface area contributed by atoms with E-state index in [4.69, 9.17) is 14.2 Å². The van der Waals surface area contributed by atoms with Crippen LogP contribution in [0, 0.1) is 0 Å². The molecule has 1 atom stereocenters. The summed E-state index contributed by atoms with van der Waals surface area (Å²) in [5.74, 6) is -1.03. The summed E-state index contributed by atoms with van der Waals surface area (Å²) in [6.45, 7) is 6.38. The number of carbonyl (C=O) groups is 3. The van der Waals surface area contributed by atoms with Gasteiger partial charge in [0.1, 0.15) is 13.2 Å². The van der Waals surface area contributed by atoms with E-state index in [2.05, 4.69) is 118 Å². The standard InChI is InChI=1S/C59H96O6/c1-4-7-10-13-16-19-22-25-27-28-29-30-32-35-37-40-43-46-49-52-58(61)64-55-56(65-59(62)53-50-47-44-41-38-33-24-21-18-15-12-9-6-3)54-63-57(60)51-48-45-42-39-36-34-31-26-23-20-17-14-11-8-5-2/h7,10,16-17,19-21,24-27,29-31,35,37,43,46,56H,4-6,8-9,11-15,18,22-23,28,32-34,36,38-42,44-45,47-55H2,1-3H3/b10-7-,19-16-,20-17-,24-21-,27-25-,30-29-,31-26-,37-35-,46-43-/t56-/m0/s1. The van der Waals surface area contributed by atoms with Crippen molar-refractivity contribution in [1.82, 2.24) is 0 Å². The molecule has 0 aromatic rings. The third-order valence-electron chi connectivity index (χ3n) is 10.7. The van der Waals surface area contributed by atoms with Gasteiger partial charge in [-0.05, 0) is 116 Å². The van der Waals surface area contributed by atoms with Gasteiger partial charge in [0.2, 0.25) is 0 Å². The minimum atomic E-state index is -0.820. The fraction of sp³-hybridized carbons (Fsp3) is 0.644. The highest BCUT2D eigenvalue weighted by Gasteiger charge is 2.19. The first-order valence-corrected chi connectivity index (χ1v) is 26.4. The van der Waals surface area contributed by atoms with Crippen molar-refractivity contribution in [2.45, 2.75) is 232 Å². The van der Waals surface area contributed by atoms with Gasteiger partial charge in [0, 0.05) is 19.3 Å². The van der Waals surface area contributed by atoms with Gasteiger partial charge < -0.3 is 14.2 Å². The molecule has 0 aliphatic carbocycles. The Morgan fingerprint density at radius 3 is 1.08 bits per heavy atom. The van der Waals surface area contributed by atoms with E-state index >= 15 is 0 Å². The third-order valence-corrected chi connectivity index (χ3v) is 10.7. The maximum Gasteiger partial charge on any atom is 0.306 e. The number of hydrogen-bond acceptors (Lipinski definition) is 6. The maximum atomic E-state index is 12.8. The van der Waals surface area contributed by atoms with Crippen molar-refractivity contribution in [2.75, 3.05) is 13.2 Å². The molecule has 0 heterocycles. The quantitative estimate of drug-likeness (QED) is 0.0262. The van der Waals surface area contributed by atoms with Crippen LogP contribution in [0.3, 0.4) is 0 Å². The van der Waals surface area contributed by atoms with Crippen molar-refractivity contribution in [3.8, 4) is 0 Å². The van der Waals surface area contributed by atoms with E-state index in [1.54, 1.807) is 0 Å². The predicted molar refractivity (Wildman–Crippen MR) is 279 cm³/mol. The van der Waals surface area contributed by atoms with Crippen LogP contribution in [-0.4, -0.2) is 37.2 Å². The molecular weight excluding hydrogens is 805 g/mol. The lowest BCUT2D eigenvalue weighted by Crippen LogP contribution is -2.30. The largest absolute Gasteiger partial charge is 0.462 e. The highest BCUT2D eigenvalue weighted by molar-refractivity contribution is 5.71. The maximum absolute atomic E-state index is 12.8. The number of rotatable bonds is 46. The van der Waals surface area contributed by atoms with Gasteiger partial charge in [-0.3, -0.25) is 14.4 Å². The molecule has 0 fully saturated rings. The molecule has 0 rings (SSSR count). The van der Waals surface area contributed by atoms with E-state index in [1.807, 2.05) is 12.2 Å². The molecule has 0 aromatic heterocycles. The number of esters is 3. The Hall–Kier alpha value is -3.93. The Balaban J connectivity index is 4.54. The van der Waals surface area contributed by atoms with Crippen LogP contribution in [0.1, 0.15) is 226 Å². The zero-order valence-corrected chi connectivity index (χ0v) is 42.0. The second kappa shape index (κ2) is 52.7. The van der Waals surface area contributed by atoms with E-state index in [1.165, 1.54) is 64.2 Å². The molecule has 0 aliphatic heterocycles. The van der Waals surface area contributed by atoms with E-state index in [-0.39, 0.29) is 37.5 Å². The van der Waals surface area contributed by atoms with Crippen molar-refractivity contribution in [1.29, 1.82) is 0 Å². The number of allylic oxidation sites excluding steroid dienone is 18. The van der Waals surface area contributed by atoms with Gasteiger partial charge >= 0.3 is 17.9 Å². The SMILES string of the molecule is CC/C=C\C/C=C\C/C=C\C/C=C\C/C=C\C/C=C\CCC(=O)OC[C@H](COC(=O)CCCCCCC/C=C\C/C=C\CCCCC)OC(=O)CCCCCCC/C=C\CCCCCC. The van der Waals surface area contributed by atoms with E-state index < -0.39 is 6.10 Å². The van der Waals surface area contributed by atoms with Gasteiger partial charge in [0.25, 0.3) is 0 Å². The highest BCUT2D eigenvalue weighted by atomic mass is 16.6. The predicted octanol–water partition coefficient (Wildman–Crippen LogP) is 17.5. The smallest absolute Gasteiger partial charge is 0.306 e. The number of carbonyl (C=O) groups excluding carboxylic acids is 3. The Kier molecular flexibility index (Phi) is 49.5. The lowest BCUT2D eigenvalue weighted by atomic mass is 10.1. The minimum Gasteiger partial charge on any atom is -0.462 e. The van der Waals surface area contributed by atoms with E-state index in [9.17, 15) is 14.4 Å². The fourth-order valence-corrected chi connectivity index (χ4v) is 6.79. The Bertz CT molecular complexity index is 1360. The average Bonchev–Trinajstić information content (AvgIpc) is 3.30. The van der Waals surface area contributed by atoms with Gasteiger partial charge in [-0.15, -0.1) is 0 Å². The molecule has 65 heavy (non-hydrogen) atoms. The zero-order chi connectivity index (χ0) is 47.2. The Morgan fingerprint density at radius 1 is 0.323 bits per heavy atom. The molecule has 368 valence electrons. The summed E-state index contributed by atoms with van der Waals surface area (Å²) >= 11 is 0. The molecule has 0 N–H and O–H groups in total. The lowest BCUT2D eigenvalue weighted by molar-refractivity contribution is -0.166. The second-order valence-electron chi connectivity index (χ2n) is 17.0. The van der Waals surface area contributed by atoms with Crippen molar-refractivity contribution < 1.29 is 28.6 Å². The average molecular weight is 901 g/mol. The van der Waals surface area contributed by atoms with Gasteiger partial charge in [0.05, 0.1) is 0 Å². The van der Waals surface area contributed by atoms with Crippen LogP contribution in [0.25, 0.3) is 0 Å². The van der Waals surface area contributed by atoms with Gasteiger partial charge in [-0.1, -0.05) is 201 Å². The van der Waals surface area contributed by atoms with Crippen LogP contribution in [-0.2, 0) is 28.6 Å². The van der Waals surface area contributed by atoms with Crippen LogP contribution >= 0.6 is 0 Å². The molecule has 6 heteroatoms. The van der Waals surface area contributed by atoms with Crippen LogP contribution < -0.4 is 0 Å². The topological polar surface area (TPSA) is 78.9 Å². The molecule has 0 radical (unpaired) electrons. The van der Waals surface area contributed by atoms with Crippen molar-refractivity contribution >= 4 is 17.9 Å². The first-order valence-electron chi connectivity index (χ1n) is 26.4. The highest BCUT2D eigenvalue weighted by Crippen LogP contribution is 2.13. The Labute approximate surface area is 400 Å². The summed E-state index contributed by atoms with van der Waals surface area (Å²) in [6, 6.07) is 0. The monoisotopic (exact) mass is 901 g/mol. The molecule has 0 aliphatic rings. The molecule has 0 aromatic carbocycles. The lowest BCUT2D eigenvalue weighted by Gasteiger charge is -2.18. The van der Waals surface area contributed by atoms with E-state index in [0.29, 0.717) is 19.3 Å². The van der Waals surface area contributed by atoms with Crippen LogP contribution in [0.4, 0.5) is 0 Å². The minimum absolute atomic E-state index is 0.114. The van der Waals surface area contributed by atoms with Crippen molar-refractivity contribution in [2.24, 2.45) is 0 Å². The molecular formula is C59H96O6. The number of unbranched alkanes of at least 4 members (excludes halogenated alkanes) is 17. The summed E-state index contributed by atoms with van der Waals surface area (Å²) in [4.78, 5) is 38.0. The summed E-state index contributed by atoms with van der Waals surface area (Å²) in [7, 11) is 0. The number of ether oxygens (including phenoxy) is 3. The summed E-state index contributed by atoms with van der Waals surface area (Å²) in [6.07, 6.45) is 70.8. The molecule has 0 saturated heterocycles. The molecule has 0 unspecified atom stereocenters. The molecule has 0 saturated carbocycles. The summed E-state index contributed by atoms with van der Waals surface area (Å²) < 4.78 is 16.7. The molecule has 0 bridgehead atoms. The van der Waals surface area contributed by atoms with Gasteiger partial charge in [-0.25, -0.2) is 0 Å². The van der Waals surface area contributed by atoms with Gasteiger partial charge in [-0.2, -0.15) is 0 Å². The normalized spacial score (nSPS) is 13.0. The third kappa shape index (κ3) is 50.9. The van der Waals surface area contributed by atoms with Crippen molar-refractivity contribution in [3.05, 3.63) is 109 Å². The summed E-state index contributed by atoms with van der Waals surface area (Å²) in [5.41, 5.74) is 0.